The van der Waals surface area contributed by atoms with Gasteiger partial charge in [-0.25, -0.2) is 0 Å². The van der Waals surface area contributed by atoms with Crippen molar-refractivity contribution in [2.45, 2.75) is 115 Å². The molecule has 0 bridgehead atoms. The van der Waals surface area contributed by atoms with E-state index in [9.17, 15) is 0 Å². The molecule has 1 rings (SSSR count). The lowest BCUT2D eigenvalue weighted by atomic mass is 9.55. The molecule has 160 valence electrons. The van der Waals surface area contributed by atoms with Crippen molar-refractivity contribution < 1.29 is 0 Å². The van der Waals surface area contributed by atoms with Gasteiger partial charge in [-0.05, 0) is 46.5 Å². The predicted molar refractivity (Wildman–Crippen MR) is 128 cm³/mol. The molecule has 1 aromatic rings. The number of benzene rings is 1. The molecule has 0 fully saturated rings. The van der Waals surface area contributed by atoms with Gasteiger partial charge in [0.1, 0.15) is 0 Å². The van der Waals surface area contributed by atoms with Crippen LogP contribution in [0.25, 0.3) is 0 Å². The van der Waals surface area contributed by atoms with Crippen LogP contribution in [0.2, 0.25) is 0 Å². The summed E-state index contributed by atoms with van der Waals surface area (Å²) in [5, 5.41) is 0. The Morgan fingerprint density at radius 1 is 0.741 bits per heavy atom. The minimum atomic E-state index is 0.255. The first-order chi connectivity index (χ1) is 12.4. The molecule has 0 heteroatoms. The summed E-state index contributed by atoms with van der Waals surface area (Å²) in [7, 11) is 0. The van der Waals surface area contributed by atoms with Crippen LogP contribution in [0.4, 0.5) is 0 Å². The Bertz CT molecular complexity index is 459. The van der Waals surface area contributed by atoms with Crippen LogP contribution in [-0.2, 0) is 0 Å². The Morgan fingerprint density at radius 3 is 1.56 bits per heavy atom. The van der Waals surface area contributed by atoms with E-state index in [-0.39, 0.29) is 5.41 Å². The van der Waals surface area contributed by atoms with Crippen LogP contribution in [0.1, 0.15) is 121 Å². The number of rotatable bonds is 7. The fraction of sp³-hybridized carbons (Fsp3) is 0.778. The molecule has 0 aliphatic heterocycles. The highest BCUT2D eigenvalue weighted by atomic mass is 14.5. The van der Waals surface area contributed by atoms with E-state index in [0.717, 1.165) is 5.92 Å². The molecule has 0 radical (unpaired) electrons. The Balaban J connectivity index is 0. The lowest BCUT2D eigenvalue weighted by Gasteiger charge is -2.50. The molecule has 2 atom stereocenters. The molecular weight excluding hydrogens is 324 g/mol. The van der Waals surface area contributed by atoms with Crippen molar-refractivity contribution >= 4 is 0 Å². The average molecular weight is 377 g/mol. The SMILES string of the molecule is CC.CC.CCC(C)CC(C)(C)C(C)(C)C(CC(C)(C)C)c1ccccc1. The maximum Gasteiger partial charge on any atom is -0.0101 e. The Kier molecular flexibility index (Phi) is 13.3. The monoisotopic (exact) mass is 376 g/mol. The second-order valence-corrected chi connectivity index (χ2v) is 10.1. The molecule has 0 spiro atoms. The van der Waals surface area contributed by atoms with Crippen molar-refractivity contribution in [1.29, 1.82) is 0 Å². The lowest BCUT2D eigenvalue weighted by Crippen LogP contribution is -2.40. The van der Waals surface area contributed by atoms with E-state index in [4.69, 9.17) is 0 Å². The zero-order chi connectivity index (χ0) is 21.9. The summed E-state index contributed by atoms with van der Waals surface area (Å²) in [6.07, 6.45) is 3.80. The Morgan fingerprint density at radius 2 is 1.19 bits per heavy atom. The van der Waals surface area contributed by atoms with E-state index < -0.39 is 0 Å². The fourth-order valence-electron chi connectivity index (χ4n) is 3.84. The zero-order valence-electron chi connectivity index (χ0n) is 21.2. The molecule has 0 aliphatic carbocycles. The quantitative estimate of drug-likeness (QED) is 0.444. The number of hydrogen-bond acceptors (Lipinski definition) is 0. The smallest absolute Gasteiger partial charge is 0.0101 e. The second kappa shape index (κ2) is 12.6. The fourth-order valence-corrected chi connectivity index (χ4v) is 3.84. The summed E-state index contributed by atoms with van der Waals surface area (Å²) in [4.78, 5) is 0. The maximum atomic E-state index is 2.50. The second-order valence-electron chi connectivity index (χ2n) is 10.1. The van der Waals surface area contributed by atoms with Crippen LogP contribution >= 0.6 is 0 Å². The van der Waals surface area contributed by atoms with Crippen molar-refractivity contribution in [3.63, 3.8) is 0 Å². The molecule has 2 unspecified atom stereocenters. The van der Waals surface area contributed by atoms with Gasteiger partial charge in [0, 0.05) is 0 Å². The van der Waals surface area contributed by atoms with Crippen molar-refractivity contribution in [2.24, 2.45) is 22.2 Å². The van der Waals surface area contributed by atoms with Crippen LogP contribution in [0.3, 0.4) is 0 Å². The van der Waals surface area contributed by atoms with E-state index >= 15 is 0 Å². The van der Waals surface area contributed by atoms with Gasteiger partial charge in [-0.1, -0.05) is 127 Å². The minimum absolute atomic E-state index is 0.255. The minimum Gasteiger partial charge on any atom is -0.0683 e. The molecule has 0 saturated heterocycles. The van der Waals surface area contributed by atoms with Gasteiger partial charge in [0.05, 0.1) is 0 Å². The van der Waals surface area contributed by atoms with Crippen molar-refractivity contribution in [3.8, 4) is 0 Å². The first kappa shape index (κ1) is 28.4. The summed E-state index contributed by atoms with van der Waals surface area (Å²) >= 11 is 0. The highest BCUT2D eigenvalue weighted by molar-refractivity contribution is 5.23. The van der Waals surface area contributed by atoms with Gasteiger partial charge in [-0.3, -0.25) is 0 Å². The van der Waals surface area contributed by atoms with Crippen LogP contribution in [0.5, 0.6) is 0 Å². The summed E-state index contributed by atoms with van der Waals surface area (Å²) in [6.45, 7) is 29.8. The summed E-state index contributed by atoms with van der Waals surface area (Å²) in [6, 6.07) is 11.2. The predicted octanol–water partition coefficient (Wildman–Crippen LogP) is 9.75. The standard InChI is InChI=1S/C23H40.2C2H6/c1-10-18(2)16-22(6,7)23(8,9)20(17-21(3,4)5)19-14-12-11-13-15-19;2*1-2/h11-15,18,20H,10,16-17H2,1-9H3;2*1-2H3. The molecule has 27 heavy (non-hydrogen) atoms. The first-order valence-corrected chi connectivity index (χ1v) is 11.5. The molecule has 0 aromatic heterocycles. The third kappa shape index (κ3) is 9.31. The summed E-state index contributed by atoms with van der Waals surface area (Å²) in [5.74, 6) is 1.37. The molecule has 1 aromatic carbocycles. The average Bonchev–Trinajstić information content (AvgIpc) is 2.62. The molecule has 0 amide bonds. The molecule has 0 saturated carbocycles. The largest absolute Gasteiger partial charge is 0.0683 e. The van der Waals surface area contributed by atoms with Crippen LogP contribution in [0.15, 0.2) is 30.3 Å². The molecule has 0 N–H and O–H groups in total. The van der Waals surface area contributed by atoms with Gasteiger partial charge in [0.15, 0.2) is 0 Å². The first-order valence-electron chi connectivity index (χ1n) is 11.5. The molecule has 0 aliphatic rings. The van der Waals surface area contributed by atoms with E-state index in [2.05, 4.69) is 92.6 Å². The third-order valence-corrected chi connectivity index (χ3v) is 6.19. The molecule has 0 heterocycles. The molecule has 0 nitrogen and oxygen atoms in total. The van der Waals surface area contributed by atoms with E-state index in [0.29, 0.717) is 16.7 Å². The van der Waals surface area contributed by atoms with Gasteiger partial charge in [0.25, 0.3) is 0 Å². The van der Waals surface area contributed by atoms with Crippen LogP contribution in [0, 0.1) is 22.2 Å². The van der Waals surface area contributed by atoms with E-state index in [1.54, 1.807) is 0 Å². The third-order valence-electron chi connectivity index (χ3n) is 6.19. The van der Waals surface area contributed by atoms with Gasteiger partial charge in [-0.2, -0.15) is 0 Å². The van der Waals surface area contributed by atoms with Crippen molar-refractivity contribution in [2.75, 3.05) is 0 Å². The van der Waals surface area contributed by atoms with Gasteiger partial charge >= 0.3 is 0 Å². The van der Waals surface area contributed by atoms with E-state index in [1.807, 2.05) is 27.7 Å². The zero-order valence-corrected chi connectivity index (χ0v) is 21.2. The highest BCUT2D eigenvalue weighted by Crippen LogP contribution is 2.55. The van der Waals surface area contributed by atoms with Gasteiger partial charge in [-0.15, -0.1) is 0 Å². The van der Waals surface area contributed by atoms with Gasteiger partial charge < -0.3 is 0 Å². The van der Waals surface area contributed by atoms with Crippen molar-refractivity contribution in [1.82, 2.24) is 0 Å². The Labute approximate surface area is 173 Å². The van der Waals surface area contributed by atoms with Crippen molar-refractivity contribution in [3.05, 3.63) is 35.9 Å². The maximum absolute atomic E-state index is 2.50. The normalized spacial score (nSPS) is 14.3. The summed E-state index contributed by atoms with van der Waals surface area (Å²) < 4.78 is 0. The highest BCUT2D eigenvalue weighted by Gasteiger charge is 2.44. The Hall–Kier alpha value is -0.780. The topological polar surface area (TPSA) is 0 Å². The van der Waals surface area contributed by atoms with Gasteiger partial charge in [0.2, 0.25) is 0 Å². The lowest BCUT2D eigenvalue weighted by molar-refractivity contribution is 0.0354. The van der Waals surface area contributed by atoms with Crippen LogP contribution in [-0.4, -0.2) is 0 Å². The number of hydrogen-bond donors (Lipinski definition) is 0. The molecular formula is C27H52. The summed E-state index contributed by atoms with van der Waals surface area (Å²) in [5.41, 5.74) is 2.41. The van der Waals surface area contributed by atoms with E-state index in [1.165, 1.54) is 24.8 Å². The van der Waals surface area contributed by atoms with Crippen LogP contribution < -0.4 is 0 Å².